The lowest BCUT2D eigenvalue weighted by Gasteiger charge is -2.35. The van der Waals surface area contributed by atoms with E-state index in [1.54, 1.807) is 7.11 Å². The number of amides is 2. The normalized spacial score (nSPS) is 32.3. The fraction of sp³-hybridized carbons (Fsp3) is 0.875. The zero-order chi connectivity index (χ0) is 16.1. The molecule has 126 valence electrons. The number of ether oxygens (including phenoxy) is 1. The molecule has 6 nitrogen and oxygen atoms in total. The quantitative estimate of drug-likeness (QED) is 0.834. The summed E-state index contributed by atoms with van der Waals surface area (Å²) in [5.41, 5.74) is 0. The highest BCUT2D eigenvalue weighted by atomic mass is 16.5. The van der Waals surface area contributed by atoms with Crippen LogP contribution in [0.1, 0.15) is 51.4 Å². The van der Waals surface area contributed by atoms with E-state index in [4.69, 9.17) is 9.84 Å². The lowest BCUT2D eigenvalue weighted by molar-refractivity contribution is -0.142. The van der Waals surface area contributed by atoms with Crippen LogP contribution < -0.4 is 5.32 Å². The first kappa shape index (κ1) is 17.1. The predicted octanol–water partition coefficient (Wildman–Crippen LogP) is 2.23. The van der Waals surface area contributed by atoms with E-state index in [2.05, 4.69) is 5.32 Å². The number of nitrogens with zero attached hydrogens (tertiary/aromatic N) is 1. The average Bonchev–Trinajstić information content (AvgIpc) is 2.54. The Hall–Kier alpha value is -1.30. The number of hydrogen-bond acceptors (Lipinski definition) is 3. The van der Waals surface area contributed by atoms with Gasteiger partial charge in [0.15, 0.2) is 0 Å². The van der Waals surface area contributed by atoms with Crippen molar-refractivity contribution in [2.75, 3.05) is 14.2 Å². The number of aliphatic carboxylic acids is 1. The molecule has 0 aromatic heterocycles. The number of carboxylic acid groups (broad SMARTS) is 1. The second-order valence-corrected chi connectivity index (χ2v) is 6.61. The molecule has 0 aromatic carbocycles. The molecule has 0 aliphatic heterocycles. The van der Waals surface area contributed by atoms with E-state index in [0.29, 0.717) is 18.9 Å². The molecule has 0 unspecified atom stereocenters. The van der Waals surface area contributed by atoms with Crippen molar-refractivity contribution >= 4 is 12.0 Å². The minimum absolute atomic E-state index is 0.0281. The van der Waals surface area contributed by atoms with Crippen LogP contribution in [-0.2, 0) is 9.53 Å². The maximum absolute atomic E-state index is 12.3. The summed E-state index contributed by atoms with van der Waals surface area (Å²) in [7, 11) is 3.60. The van der Waals surface area contributed by atoms with Crippen molar-refractivity contribution in [1.29, 1.82) is 0 Å². The molecule has 2 amide bonds. The minimum Gasteiger partial charge on any atom is -0.481 e. The Kier molecular flexibility index (Phi) is 6.06. The van der Waals surface area contributed by atoms with Crippen molar-refractivity contribution in [2.24, 2.45) is 5.92 Å². The summed E-state index contributed by atoms with van der Waals surface area (Å²) in [6.07, 6.45) is 7.12. The summed E-state index contributed by atoms with van der Waals surface area (Å²) in [5.74, 6) is -0.952. The second kappa shape index (κ2) is 7.81. The number of carboxylic acids is 1. The third-order valence-electron chi connectivity index (χ3n) is 5.25. The lowest BCUT2D eigenvalue weighted by Crippen LogP contribution is -2.49. The van der Waals surface area contributed by atoms with E-state index in [1.807, 2.05) is 11.9 Å². The molecule has 2 fully saturated rings. The summed E-state index contributed by atoms with van der Waals surface area (Å²) in [6, 6.07) is 0.363. The van der Waals surface area contributed by atoms with Gasteiger partial charge in [-0.25, -0.2) is 4.79 Å². The zero-order valence-electron chi connectivity index (χ0n) is 13.6. The van der Waals surface area contributed by atoms with Crippen LogP contribution >= 0.6 is 0 Å². The van der Waals surface area contributed by atoms with Gasteiger partial charge in [0, 0.05) is 26.2 Å². The number of nitrogens with one attached hydrogen (secondary N) is 1. The first-order valence-electron chi connectivity index (χ1n) is 8.30. The number of urea groups is 1. The van der Waals surface area contributed by atoms with Gasteiger partial charge in [-0.2, -0.15) is 0 Å². The highest BCUT2D eigenvalue weighted by Gasteiger charge is 2.30. The van der Waals surface area contributed by atoms with E-state index >= 15 is 0 Å². The molecule has 0 bridgehead atoms. The molecule has 0 heterocycles. The highest BCUT2D eigenvalue weighted by Crippen LogP contribution is 2.26. The lowest BCUT2D eigenvalue weighted by atomic mass is 9.86. The van der Waals surface area contributed by atoms with Crippen LogP contribution in [0.5, 0.6) is 0 Å². The fourth-order valence-electron chi connectivity index (χ4n) is 3.60. The Morgan fingerprint density at radius 2 is 1.64 bits per heavy atom. The third kappa shape index (κ3) is 4.35. The number of rotatable bonds is 4. The number of methoxy groups -OCH3 is 1. The van der Waals surface area contributed by atoms with Gasteiger partial charge in [0.1, 0.15) is 0 Å². The summed E-state index contributed by atoms with van der Waals surface area (Å²) in [5, 5.41) is 12.1. The van der Waals surface area contributed by atoms with Crippen molar-refractivity contribution in [3.05, 3.63) is 0 Å². The Morgan fingerprint density at radius 1 is 1.05 bits per heavy atom. The van der Waals surface area contributed by atoms with Gasteiger partial charge in [0.05, 0.1) is 12.0 Å². The second-order valence-electron chi connectivity index (χ2n) is 6.61. The van der Waals surface area contributed by atoms with Crippen LogP contribution in [0.25, 0.3) is 0 Å². The Bertz CT molecular complexity index is 386. The molecule has 0 atom stereocenters. The molecule has 0 spiro atoms. The molecule has 2 saturated carbocycles. The smallest absolute Gasteiger partial charge is 0.317 e. The van der Waals surface area contributed by atoms with E-state index in [0.717, 1.165) is 38.5 Å². The van der Waals surface area contributed by atoms with Crippen LogP contribution in [0.3, 0.4) is 0 Å². The van der Waals surface area contributed by atoms with E-state index in [9.17, 15) is 9.59 Å². The molecule has 0 radical (unpaired) electrons. The number of carbonyl (C=O) groups excluding carboxylic acids is 1. The zero-order valence-corrected chi connectivity index (χ0v) is 13.6. The van der Waals surface area contributed by atoms with Crippen molar-refractivity contribution in [1.82, 2.24) is 10.2 Å². The van der Waals surface area contributed by atoms with Crippen LogP contribution in [0.15, 0.2) is 0 Å². The summed E-state index contributed by atoms with van der Waals surface area (Å²) >= 11 is 0. The van der Waals surface area contributed by atoms with Crippen molar-refractivity contribution in [3.63, 3.8) is 0 Å². The SMILES string of the molecule is COC1CCC(N(C)C(=O)NC2CCC(C(=O)O)CC2)CC1. The van der Waals surface area contributed by atoms with E-state index < -0.39 is 5.97 Å². The Morgan fingerprint density at radius 3 is 2.14 bits per heavy atom. The molecule has 0 aromatic rings. The Balaban J connectivity index is 1.74. The van der Waals surface area contributed by atoms with E-state index in [1.165, 1.54) is 0 Å². The van der Waals surface area contributed by atoms with Gasteiger partial charge < -0.3 is 20.1 Å². The molecule has 2 aliphatic carbocycles. The van der Waals surface area contributed by atoms with Gasteiger partial charge in [-0.1, -0.05) is 0 Å². The first-order chi connectivity index (χ1) is 10.5. The van der Waals surface area contributed by atoms with Gasteiger partial charge in [0.2, 0.25) is 0 Å². The molecular formula is C16H28N2O4. The van der Waals surface area contributed by atoms with Crippen molar-refractivity contribution < 1.29 is 19.4 Å². The maximum Gasteiger partial charge on any atom is 0.317 e. The fourth-order valence-corrected chi connectivity index (χ4v) is 3.60. The molecule has 2 rings (SSSR count). The van der Waals surface area contributed by atoms with Gasteiger partial charge >= 0.3 is 12.0 Å². The summed E-state index contributed by atoms with van der Waals surface area (Å²) in [6.45, 7) is 0. The third-order valence-corrected chi connectivity index (χ3v) is 5.25. The molecule has 22 heavy (non-hydrogen) atoms. The molecule has 6 heteroatoms. The molecule has 0 saturated heterocycles. The van der Waals surface area contributed by atoms with Gasteiger partial charge in [-0.15, -0.1) is 0 Å². The monoisotopic (exact) mass is 312 g/mol. The minimum atomic E-state index is -0.711. The largest absolute Gasteiger partial charge is 0.481 e. The molecular weight excluding hydrogens is 284 g/mol. The summed E-state index contributed by atoms with van der Waals surface area (Å²) in [4.78, 5) is 25.1. The van der Waals surface area contributed by atoms with Gasteiger partial charge in [-0.05, 0) is 51.4 Å². The summed E-state index contributed by atoms with van der Waals surface area (Å²) < 4.78 is 5.36. The van der Waals surface area contributed by atoms with Crippen molar-refractivity contribution in [3.8, 4) is 0 Å². The van der Waals surface area contributed by atoms with E-state index in [-0.39, 0.29) is 24.0 Å². The van der Waals surface area contributed by atoms with Gasteiger partial charge in [0.25, 0.3) is 0 Å². The average molecular weight is 312 g/mol. The maximum atomic E-state index is 12.3. The van der Waals surface area contributed by atoms with Crippen LogP contribution in [0.4, 0.5) is 4.79 Å². The number of hydrogen-bond donors (Lipinski definition) is 2. The van der Waals surface area contributed by atoms with Gasteiger partial charge in [-0.3, -0.25) is 4.79 Å². The standard InChI is InChI=1S/C16H28N2O4/c1-18(13-7-9-14(22-2)10-8-13)16(21)17-12-5-3-11(4-6-12)15(19)20/h11-14H,3-10H2,1-2H3,(H,17,21)(H,19,20). The highest BCUT2D eigenvalue weighted by molar-refractivity contribution is 5.74. The topological polar surface area (TPSA) is 78.9 Å². The van der Waals surface area contributed by atoms with Crippen LogP contribution in [0.2, 0.25) is 0 Å². The molecule has 2 aliphatic rings. The first-order valence-corrected chi connectivity index (χ1v) is 8.30. The molecule has 2 N–H and O–H groups in total. The van der Waals surface area contributed by atoms with Crippen molar-refractivity contribution in [2.45, 2.75) is 69.6 Å². The van der Waals surface area contributed by atoms with Crippen LogP contribution in [-0.4, -0.2) is 54.4 Å². The van der Waals surface area contributed by atoms with Crippen LogP contribution in [0, 0.1) is 5.92 Å². The number of carbonyl (C=O) groups is 2. The predicted molar refractivity (Wildman–Crippen MR) is 82.7 cm³/mol. The Labute approximate surface area is 132 Å².